The van der Waals surface area contributed by atoms with Crippen LogP contribution in [-0.2, 0) is 87.6 Å². The minimum atomic E-state index is -1.82. The summed E-state index contributed by atoms with van der Waals surface area (Å²) in [5.74, 6) is -12.6. The minimum Gasteiger partial charge on any atom is -0.480 e. The van der Waals surface area contributed by atoms with Gasteiger partial charge >= 0.3 is 17.9 Å². The van der Waals surface area contributed by atoms with E-state index in [0.717, 1.165) is 0 Å². The van der Waals surface area contributed by atoms with E-state index in [9.17, 15) is 67.7 Å². The lowest BCUT2D eigenvalue weighted by atomic mass is 10.0. The Labute approximate surface area is 541 Å². The van der Waals surface area contributed by atoms with E-state index in [0.29, 0.717) is 5.56 Å². The van der Waals surface area contributed by atoms with Gasteiger partial charge in [-0.2, -0.15) is 0 Å². The number of carboxylic acids is 1. The van der Waals surface area contributed by atoms with Crippen LogP contribution in [0.5, 0.6) is 0 Å². The lowest BCUT2D eigenvalue weighted by Gasteiger charge is -2.34. The Kier molecular flexibility index (Phi) is 32.0. The van der Waals surface area contributed by atoms with Crippen LogP contribution >= 0.6 is 0 Å². The normalized spacial score (nSPS) is 15.6. The van der Waals surface area contributed by atoms with Crippen LogP contribution in [-0.4, -0.2) is 195 Å². The Bertz CT molecular complexity index is 2680. The fourth-order valence-corrected chi connectivity index (χ4v) is 8.45. The number of nitrogens with two attached hydrogens (primary N) is 1. The molecule has 0 aliphatic rings. The third-order valence-corrected chi connectivity index (χ3v) is 12.6. The Balaban J connectivity index is 3.93. The van der Waals surface area contributed by atoms with Crippen molar-refractivity contribution in [2.24, 2.45) is 11.7 Å². The molecule has 1 aromatic carbocycles. The first kappa shape index (κ1) is 82.7. The van der Waals surface area contributed by atoms with Crippen molar-refractivity contribution in [2.45, 2.75) is 265 Å². The second kappa shape index (κ2) is 35.6. The molecule has 0 saturated carbocycles. The predicted molar refractivity (Wildman–Crippen MR) is 338 cm³/mol. The van der Waals surface area contributed by atoms with Gasteiger partial charge in [-0.05, 0) is 149 Å². The van der Waals surface area contributed by atoms with E-state index < -0.39 is 197 Å². The van der Waals surface area contributed by atoms with E-state index in [1.807, 2.05) is 0 Å². The molecule has 92 heavy (non-hydrogen) atoms. The molecule has 0 bridgehead atoms. The van der Waals surface area contributed by atoms with Crippen molar-refractivity contribution in [3.63, 3.8) is 0 Å². The fraction of sp³-hybridized carbons (Fsp3) is 0.714. The molecule has 0 radical (unpaired) electrons. The number of aliphatic carboxylic acids is 1. The Morgan fingerprint density at radius 1 is 0.478 bits per heavy atom. The van der Waals surface area contributed by atoms with Gasteiger partial charge in [-0.15, -0.1) is 0 Å². The van der Waals surface area contributed by atoms with Gasteiger partial charge in [-0.3, -0.25) is 52.7 Å². The summed E-state index contributed by atoms with van der Waals surface area (Å²) in [6.07, 6.45) is -3.92. The third-order valence-electron chi connectivity index (χ3n) is 12.6. The quantitative estimate of drug-likeness (QED) is 0.0424. The smallest absolute Gasteiger partial charge is 0.328 e. The zero-order chi connectivity index (χ0) is 71.2. The van der Waals surface area contributed by atoms with Crippen molar-refractivity contribution in [3.8, 4) is 0 Å². The summed E-state index contributed by atoms with van der Waals surface area (Å²) in [5.41, 5.74) is 0.284. The molecular formula is C63H106N10O19. The summed E-state index contributed by atoms with van der Waals surface area (Å²) in [5, 5.41) is 41.6. The molecule has 29 nitrogen and oxygen atoms in total. The highest BCUT2D eigenvalue weighted by molar-refractivity contribution is 5.99. The van der Waals surface area contributed by atoms with Crippen LogP contribution in [0.2, 0.25) is 0 Å². The van der Waals surface area contributed by atoms with Gasteiger partial charge in [-0.1, -0.05) is 44.2 Å². The van der Waals surface area contributed by atoms with Crippen LogP contribution < -0.4 is 53.6 Å². The average molecular weight is 1310 g/mol. The zero-order valence-electron chi connectivity index (χ0n) is 57.6. The molecule has 0 aromatic heterocycles. The average Bonchev–Trinajstić information content (AvgIpc) is 0.976. The summed E-state index contributed by atoms with van der Waals surface area (Å²) in [7, 11) is 0. The maximum atomic E-state index is 15.0. The molecule has 29 heteroatoms. The molecule has 10 atom stereocenters. The van der Waals surface area contributed by atoms with Crippen molar-refractivity contribution >= 4 is 71.1 Å². The number of nitrogens with one attached hydrogen (secondary N) is 9. The number of esters is 2. The number of carbonyl (C=O) groups excluding carboxylic acids is 11. The van der Waals surface area contributed by atoms with Gasteiger partial charge in [0.1, 0.15) is 59.5 Å². The highest BCUT2D eigenvalue weighted by Gasteiger charge is 2.40. The summed E-state index contributed by atoms with van der Waals surface area (Å²) < 4.78 is 29.2. The number of carbonyl (C=O) groups is 12. The van der Waals surface area contributed by atoms with Crippen LogP contribution in [0.4, 0.5) is 0 Å². The maximum Gasteiger partial charge on any atom is 0.328 e. The zero-order valence-corrected chi connectivity index (χ0v) is 57.6. The Morgan fingerprint density at radius 2 is 0.913 bits per heavy atom. The molecule has 0 saturated heterocycles. The van der Waals surface area contributed by atoms with Crippen molar-refractivity contribution in [2.75, 3.05) is 19.8 Å². The standard InChI is InChI=1S/C63H106N10O19/c1-34(2)46(53(82)68-41(32-74)56(85)86)72-51(80)40(30-45(77)92-62(17,18)19)66-52(81)42(33-88-58(5,6)7)69-55(84)48(36(4)90-60(11,12)13)73-50(79)39(29-37-25-23-22-24-26-37)67-54(83)47(35(3)89-59(8,9)10)71-43(75)31-65-49(78)38(70-57(87)63(20,21)64)27-28-44(76)91-61(14,15)16/h22-26,34-36,38-42,46-48,74H,27-33,64H2,1-21H3,(H,65,78)(H,66,81)(H,67,83)(H,68,82)(H,69,84)(H,70,87)(H,71,75)(H,72,80)(H,73,79)(H,85,86)/t35-,36-,38+,39+,40+,41+,42+,46+,47+,48+/m1/s1. The van der Waals surface area contributed by atoms with Gasteiger partial charge in [0, 0.05) is 12.8 Å². The number of rotatable bonds is 34. The molecule has 9 amide bonds. The van der Waals surface area contributed by atoms with Gasteiger partial charge in [0.25, 0.3) is 0 Å². The summed E-state index contributed by atoms with van der Waals surface area (Å²) >= 11 is 0. The summed E-state index contributed by atoms with van der Waals surface area (Å²) in [6.45, 7) is 31.2. The number of hydrogen-bond acceptors (Lipinski definition) is 19. The monoisotopic (exact) mass is 1310 g/mol. The first-order chi connectivity index (χ1) is 41.8. The van der Waals surface area contributed by atoms with Gasteiger partial charge in [0.05, 0.1) is 60.7 Å². The Morgan fingerprint density at radius 3 is 1.37 bits per heavy atom. The summed E-state index contributed by atoms with van der Waals surface area (Å²) in [4.78, 5) is 165. The number of ether oxygens (including phenoxy) is 5. The van der Waals surface area contributed by atoms with Crippen LogP contribution in [0.1, 0.15) is 170 Å². The molecule has 0 spiro atoms. The van der Waals surface area contributed by atoms with E-state index in [4.69, 9.17) is 29.4 Å². The number of aliphatic hydroxyl groups is 1. The highest BCUT2D eigenvalue weighted by atomic mass is 16.6. The van der Waals surface area contributed by atoms with Gasteiger partial charge in [0.2, 0.25) is 53.2 Å². The molecule has 0 aliphatic heterocycles. The van der Waals surface area contributed by atoms with E-state index in [1.165, 1.54) is 41.5 Å². The molecule has 0 aliphatic carbocycles. The van der Waals surface area contributed by atoms with Gasteiger partial charge in [0.15, 0.2) is 0 Å². The lowest BCUT2D eigenvalue weighted by Crippen LogP contribution is -2.64. The van der Waals surface area contributed by atoms with Crippen LogP contribution in [0.15, 0.2) is 30.3 Å². The van der Waals surface area contributed by atoms with Gasteiger partial charge < -0.3 is 87.5 Å². The van der Waals surface area contributed by atoms with E-state index >= 15 is 0 Å². The van der Waals surface area contributed by atoms with Crippen molar-refractivity contribution in [1.82, 2.24) is 47.9 Å². The maximum absolute atomic E-state index is 15.0. The highest BCUT2D eigenvalue weighted by Crippen LogP contribution is 2.19. The molecule has 0 heterocycles. The molecule has 0 fully saturated rings. The van der Waals surface area contributed by atoms with Crippen LogP contribution in [0, 0.1) is 5.92 Å². The van der Waals surface area contributed by atoms with E-state index in [-0.39, 0.29) is 19.3 Å². The second-order valence-corrected chi connectivity index (χ2v) is 28.4. The number of amides is 9. The first-order valence-corrected chi connectivity index (χ1v) is 30.6. The number of hydrogen-bond donors (Lipinski definition) is 12. The van der Waals surface area contributed by atoms with Crippen molar-refractivity contribution in [3.05, 3.63) is 35.9 Å². The fourth-order valence-electron chi connectivity index (χ4n) is 8.45. The van der Waals surface area contributed by atoms with E-state index in [2.05, 4.69) is 47.9 Å². The number of carboxylic acid groups (broad SMARTS) is 1. The molecule has 1 rings (SSSR count). The Hall–Kier alpha value is -7.34. The molecule has 522 valence electrons. The second-order valence-electron chi connectivity index (χ2n) is 28.4. The molecule has 0 unspecified atom stereocenters. The van der Waals surface area contributed by atoms with Crippen LogP contribution in [0.3, 0.4) is 0 Å². The van der Waals surface area contributed by atoms with Crippen molar-refractivity contribution in [1.29, 1.82) is 0 Å². The number of benzene rings is 1. The minimum absolute atomic E-state index is 0.213. The van der Waals surface area contributed by atoms with Gasteiger partial charge in [-0.25, -0.2) is 4.79 Å². The third kappa shape index (κ3) is 33.3. The first-order valence-electron chi connectivity index (χ1n) is 30.6. The number of aliphatic hydroxyl groups excluding tert-OH is 1. The summed E-state index contributed by atoms with van der Waals surface area (Å²) in [6, 6.07) is -4.52. The molecule has 1 aromatic rings. The largest absolute Gasteiger partial charge is 0.480 e. The van der Waals surface area contributed by atoms with Crippen LogP contribution in [0.25, 0.3) is 0 Å². The molecular weight excluding hydrogens is 1200 g/mol. The predicted octanol–water partition coefficient (Wildman–Crippen LogP) is 0.770. The SMILES string of the molecule is CC(C)[C@H](NC(=O)[C@H](CC(=O)OC(C)(C)C)NC(=O)[C@H](COC(C)(C)C)NC(=O)[C@@H](NC(=O)[C@H](Cc1ccccc1)NC(=O)[C@@H](NC(=O)CNC(=O)[C@H](CCC(=O)OC(C)(C)C)NC(=O)C(C)(C)N)[C@@H](C)OC(C)(C)C)[C@@H](C)OC(C)(C)C)C(=O)N[C@@H](CO)C(=O)O. The molecule has 13 N–H and O–H groups in total. The van der Waals surface area contributed by atoms with Crippen molar-refractivity contribution < 1.29 is 91.4 Å². The lowest BCUT2D eigenvalue weighted by molar-refractivity contribution is -0.157. The topological polar surface area (TPSA) is 426 Å². The van der Waals surface area contributed by atoms with E-state index in [1.54, 1.807) is 134 Å².